The van der Waals surface area contributed by atoms with Crippen molar-refractivity contribution < 1.29 is 18.1 Å². The maximum atomic E-state index is 14.3. The predicted molar refractivity (Wildman–Crippen MR) is 123 cm³/mol. The Morgan fingerprint density at radius 3 is 2.60 bits per heavy atom. The lowest BCUT2D eigenvalue weighted by Gasteiger charge is -2.21. The summed E-state index contributed by atoms with van der Waals surface area (Å²) in [5.74, 6) is -1.43. The average Bonchev–Trinajstić information content (AvgIpc) is 3.52. The van der Waals surface area contributed by atoms with Gasteiger partial charge >= 0.3 is 0 Å². The zero-order chi connectivity index (χ0) is 24.4. The van der Waals surface area contributed by atoms with Gasteiger partial charge in [0.15, 0.2) is 11.6 Å². The smallest absolute Gasteiger partial charge is 0.258 e. The number of nitrogens with two attached hydrogens (primary N) is 1. The van der Waals surface area contributed by atoms with Crippen LogP contribution >= 0.6 is 0 Å². The predicted octanol–water partition coefficient (Wildman–Crippen LogP) is 3.93. The molecule has 0 fully saturated rings. The van der Waals surface area contributed by atoms with Crippen molar-refractivity contribution in [1.29, 1.82) is 0 Å². The van der Waals surface area contributed by atoms with Crippen molar-refractivity contribution in [3.63, 3.8) is 0 Å². The van der Waals surface area contributed by atoms with Gasteiger partial charge in [0, 0.05) is 18.1 Å². The van der Waals surface area contributed by atoms with E-state index < -0.39 is 11.7 Å². The van der Waals surface area contributed by atoms with E-state index >= 15 is 0 Å². The Hall–Kier alpha value is -4.67. The van der Waals surface area contributed by atoms with Crippen LogP contribution in [-0.2, 0) is 6.54 Å². The third-order valence-electron chi connectivity index (χ3n) is 5.53. The number of hydrazone groups is 1. The van der Waals surface area contributed by atoms with Crippen LogP contribution in [0.25, 0.3) is 0 Å². The minimum atomic E-state index is -0.675. The second-order valence-electron chi connectivity index (χ2n) is 7.81. The molecule has 176 valence electrons. The maximum absolute atomic E-state index is 14.3. The van der Waals surface area contributed by atoms with E-state index in [1.54, 1.807) is 35.3 Å². The number of anilines is 2. The first-order chi connectivity index (χ1) is 17.0. The highest BCUT2D eigenvalue weighted by Gasteiger charge is 2.32. The van der Waals surface area contributed by atoms with Gasteiger partial charge < -0.3 is 15.6 Å². The monoisotopic (exact) mass is 475 g/mol. The van der Waals surface area contributed by atoms with E-state index in [1.165, 1.54) is 36.7 Å². The van der Waals surface area contributed by atoms with Crippen LogP contribution in [0.3, 0.4) is 0 Å². The normalized spacial score (nSPS) is 15.2. The SMILES string of the molecule is Nc1nc(C2=NN(Cc3ccccc3F)C(c3ccon3)C2)ncc1NC(=O)c1ccccc1F. The van der Waals surface area contributed by atoms with Crippen LogP contribution in [-0.4, -0.2) is 31.8 Å². The number of nitrogens with one attached hydrogen (secondary N) is 1. The molecule has 2 aromatic carbocycles. The Kier molecular flexibility index (Phi) is 5.88. The Morgan fingerprint density at radius 1 is 1.11 bits per heavy atom. The van der Waals surface area contributed by atoms with Crippen molar-refractivity contribution in [2.24, 2.45) is 5.10 Å². The number of aromatic nitrogens is 3. The zero-order valence-corrected chi connectivity index (χ0v) is 18.2. The molecule has 11 heteroatoms. The minimum Gasteiger partial charge on any atom is -0.382 e. The summed E-state index contributed by atoms with van der Waals surface area (Å²) in [5, 5.41) is 12.8. The van der Waals surface area contributed by atoms with E-state index in [4.69, 9.17) is 10.3 Å². The maximum Gasteiger partial charge on any atom is 0.258 e. The zero-order valence-electron chi connectivity index (χ0n) is 18.2. The molecule has 5 rings (SSSR count). The molecule has 1 amide bonds. The summed E-state index contributed by atoms with van der Waals surface area (Å²) >= 11 is 0. The highest BCUT2D eigenvalue weighted by Crippen LogP contribution is 2.33. The standard InChI is InChI=1S/C24H19F2N7O2/c25-16-7-3-1-5-14(16)13-33-21(18-9-10-35-32-18)11-19(31-33)23-28-12-20(22(27)30-23)29-24(34)15-6-2-4-8-17(15)26/h1-10,12,21H,11,13H2,(H,29,34)(H2,27,28,30). The van der Waals surface area contributed by atoms with E-state index in [0.29, 0.717) is 23.4 Å². The molecular weight excluding hydrogens is 456 g/mol. The number of amides is 1. The molecule has 0 saturated heterocycles. The number of nitrogens with zero attached hydrogens (tertiary/aromatic N) is 5. The molecule has 3 N–H and O–H groups in total. The number of halogens is 2. The third-order valence-corrected chi connectivity index (χ3v) is 5.53. The fourth-order valence-electron chi connectivity index (χ4n) is 3.75. The van der Waals surface area contributed by atoms with Crippen molar-refractivity contribution in [2.75, 3.05) is 11.1 Å². The van der Waals surface area contributed by atoms with Crippen LogP contribution in [0.15, 0.2) is 76.7 Å². The van der Waals surface area contributed by atoms with Gasteiger partial charge in [-0.3, -0.25) is 9.80 Å². The largest absolute Gasteiger partial charge is 0.382 e. The van der Waals surface area contributed by atoms with E-state index in [1.807, 2.05) is 0 Å². The van der Waals surface area contributed by atoms with Gasteiger partial charge in [0.1, 0.15) is 35.0 Å². The number of benzene rings is 2. The quantitative estimate of drug-likeness (QED) is 0.433. The summed E-state index contributed by atoms with van der Waals surface area (Å²) in [5.41, 5.74) is 7.67. The molecule has 0 spiro atoms. The first kappa shape index (κ1) is 22.1. The molecule has 1 aliphatic heterocycles. The molecule has 4 aromatic rings. The molecule has 35 heavy (non-hydrogen) atoms. The lowest BCUT2D eigenvalue weighted by atomic mass is 10.1. The molecular formula is C24H19F2N7O2. The van der Waals surface area contributed by atoms with Gasteiger partial charge in [0.05, 0.1) is 24.3 Å². The van der Waals surface area contributed by atoms with Crippen molar-refractivity contribution in [3.8, 4) is 0 Å². The number of rotatable bonds is 6. The van der Waals surface area contributed by atoms with E-state index in [-0.39, 0.29) is 41.3 Å². The second-order valence-corrected chi connectivity index (χ2v) is 7.81. The number of hydrogen-bond acceptors (Lipinski definition) is 8. The van der Waals surface area contributed by atoms with E-state index in [0.717, 1.165) is 0 Å². The van der Waals surface area contributed by atoms with Crippen molar-refractivity contribution >= 4 is 23.1 Å². The Bertz CT molecular complexity index is 1410. The Morgan fingerprint density at radius 2 is 1.89 bits per heavy atom. The molecule has 0 radical (unpaired) electrons. The highest BCUT2D eigenvalue weighted by atomic mass is 19.1. The number of hydrogen-bond donors (Lipinski definition) is 2. The molecule has 1 atom stereocenters. The summed E-state index contributed by atoms with van der Waals surface area (Å²) in [7, 11) is 0. The van der Waals surface area contributed by atoms with Crippen molar-refractivity contribution in [2.45, 2.75) is 19.0 Å². The average molecular weight is 475 g/mol. The fourth-order valence-corrected chi connectivity index (χ4v) is 3.75. The van der Waals surface area contributed by atoms with E-state index in [2.05, 4.69) is 25.5 Å². The Balaban J connectivity index is 1.39. The van der Waals surface area contributed by atoms with Crippen LogP contribution in [0.4, 0.5) is 20.3 Å². The van der Waals surface area contributed by atoms with Crippen molar-refractivity contribution in [3.05, 3.63) is 101 Å². The van der Waals surface area contributed by atoms with Gasteiger partial charge in [-0.05, 0) is 18.2 Å². The molecule has 2 aromatic heterocycles. The lowest BCUT2D eigenvalue weighted by molar-refractivity contribution is 0.102. The molecule has 1 unspecified atom stereocenters. The number of nitrogen functional groups attached to an aromatic ring is 1. The first-order valence-electron chi connectivity index (χ1n) is 10.7. The molecule has 1 aliphatic rings. The third kappa shape index (κ3) is 4.56. The van der Waals surface area contributed by atoms with Gasteiger partial charge in [-0.25, -0.2) is 18.7 Å². The fraction of sp³-hybridized carbons (Fsp3) is 0.125. The summed E-state index contributed by atoms with van der Waals surface area (Å²) in [4.78, 5) is 21.0. The first-order valence-corrected chi connectivity index (χ1v) is 10.7. The Labute approximate surface area is 198 Å². The van der Waals surface area contributed by atoms with Gasteiger partial charge in [0.2, 0.25) is 0 Å². The van der Waals surface area contributed by atoms with Crippen LogP contribution in [0.2, 0.25) is 0 Å². The summed E-state index contributed by atoms with van der Waals surface area (Å²) in [6, 6.07) is 13.4. The van der Waals surface area contributed by atoms with Crippen molar-refractivity contribution in [1.82, 2.24) is 20.1 Å². The van der Waals surface area contributed by atoms with Gasteiger partial charge in [-0.1, -0.05) is 35.5 Å². The highest BCUT2D eigenvalue weighted by molar-refractivity contribution is 6.06. The minimum absolute atomic E-state index is 0.00655. The molecule has 9 nitrogen and oxygen atoms in total. The number of carbonyl (C=O) groups excluding carboxylic acids is 1. The van der Waals surface area contributed by atoms with Crippen LogP contribution in [0.1, 0.15) is 39.9 Å². The molecule has 3 heterocycles. The van der Waals surface area contributed by atoms with E-state index in [9.17, 15) is 13.6 Å². The topological polar surface area (TPSA) is 123 Å². The van der Waals surface area contributed by atoms with Gasteiger partial charge in [0.25, 0.3) is 5.91 Å². The lowest BCUT2D eigenvalue weighted by Crippen LogP contribution is -2.20. The molecule has 0 bridgehead atoms. The molecule has 0 aliphatic carbocycles. The van der Waals surface area contributed by atoms with Crippen LogP contribution in [0, 0.1) is 11.6 Å². The van der Waals surface area contributed by atoms with Crippen LogP contribution in [0.5, 0.6) is 0 Å². The molecule has 0 saturated carbocycles. The summed E-state index contributed by atoms with van der Waals surface area (Å²) in [6.07, 6.45) is 3.17. The summed E-state index contributed by atoms with van der Waals surface area (Å²) < 4.78 is 33.2. The van der Waals surface area contributed by atoms with Gasteiger partial charge in [-0.2, -0.15) is 5.10 Å². The second kappa shape index (κ2) is 9.29. The van der Waals surface area contributed by atoms with Gasteiger partial charge in [-0.15, -0.1) is 0 Å². The van der Waals surface area contributed by atoms with Crippen LogP contribution < -0.4 is 11.1 Å². The number of carbonyl (C=O) groups is 1. The summed E-state index contributed by atoms with van der Waals surface area (Å²) in [6.45, 7) is 0.194.